The van der Waals surface area contributed by atoms with Crippen LogP contribution in [0.3, 0.4) is 0 Å². The summed E-state index contributed by atoms with van der Waals surface area (Å²) in [5, 5.41) is 3.43. The first-order valence-electron chi connectivity index (χ1n) is 11.7. The second-order valence-corrected chi connectivity index (χ2v) is 9.97. The van der Waals surface area contributed by atoms with Crippen LogP contribution in [0.1, 0.15) is 50.5 Å². The minimum Gasteiger partial charge on any atom is -0.488 e. The zero-order chi connectivity index (χ0) is 28.0. The molecule has 0 aliphatic carbocycles. The number of hydrogen-bond donors (Lipinski definition) is 3. The van der Waals surface area contributed by atoms with Gasteiger partial charge in [-0.1, -0.05) is 23.7 Å². The van der Waals surface area contributed by atoms with Crippen molar-refractivity contribution in [2.45, 2.75) is 52.9 Å². The lowest BCUT2D eigenvalue weighted by atomic mass is 10.2. The molecule has 3 rings (SSSR count). The van der Waals surface area contributed by atoms with Gasteiger partial charge in [0.15, 0.2) is 11.6 Å². The largest absolute Gasteiger partial charge is 0.488 e. The molecule has 38 heavy (non-hydrogen) atoms. The van der Waals surface area contributed by atoms with Crippen LogP contribution in [0, 0.1) is 5.82 Å². The molecule has 0 saturated carbocycles. The van der Waals surface area contributed by atoms with Gasteiger partial charge in [0.05, 0.1) is 12.6 Å². The fourth-order valence-corrected chi connectivity index (χ4v) is 3.33. The molecular weight excluding hydrogens is 517 g/mol. The third kappa shape index (κ3) is 7.94. The van der Waals surface area contributed by atoms with Crippen molar-refractivity contribution in [1.82, 2.24) is 20.4 Å². The molecule has 2 aromatic carbocycles. The van der Waals surface area contributed by atoms with E-state index in [9.17, 15) is 18.8 Å². The van der Waals surface area contributed by atoms with Crippen LogP contribution in [0.5, 0.6) is 5.75 Å². The van der Waals surface area contributed by atoms with Crippen molar-refractivity contribution >= 4 is 35.2 Å². The van der Waals surface area contributed by atoms with E-state index in [0.29, 0.717) is 16.3 Å². The van der Waals surface area contributed by atoms with Gasteiger partial charge in [-0.2, -0.15) is 0 Å². The molecule has 0 saturated heterocycles. The number of benzene rings is 2. The van der Waals surface area contributed by atoms with Crippen LogP contribution in [0.25, 0.3) is 0 Å². The number of aromatic nitrogens is 2. The number of amides is 2. The lowest BCUT2D eigenvalue weighted by molar-refractivity contribution is 0.0483. The van der Waals surface area contributed by atoms with Crippen LogP contribution in [0.2, 0.25) is 5.02 Å². The SMILES string of the molecule is CC(C)Oc1ccc(Nc2ncc(C(=O)NNC(=O)OC(C)(C)C)c(=O)n2Cc2ccc(Cl)cc2)cc1F. The van der Waals surface area contributed by atoms with Gasteiger partial charge >= 0.3 is 6.09 Å². The van der Waals surface area contributed by atoms with Crippen molar-refractivity contribution in [2.24, 2.45) is 0 Å². The Bertz CT molecular complexity index is 1370. The van der Waals surface area contributed by atoms with E-state index >= 15 is 0 Å². The van der Waals surface area contributed by atoms with Gasteiger partial charge in [0.2, 0.25) is 5.95 Å². The Balaban J connectivity index is 1.91. The maximum absolute atomic E-state index is 14.5. The summed E-state index contributed by atoms with van der Waals surface area (Å²) in [5.41, 5.74) is 3.41. The van der Waals surface area contributed by atoms with Crippen molar-refractivity contribution < 1.29 is 23.5 Å². The summed E-state index contributed by atoms with van der Waals surface area (Å²) in [4.78, 5) is 42.2. The minimum atomic E-state index is -0.898. The van der Waals surface area contributed by atoms with Crippen molar-refractivity contribution in [1.29, 1.82) is 0 Å². The topological polar surface area (TPSA) is 124 Å². The average Bonchev–Trinajstić information content (AvgIpc) is 2.81. The summed E-state index contributed by atoms with van der Waals surface area (Å²) in [5.74, 6) is -1.36. The molecule has 0 fully saturated rings. The molecule has 10 nitrogen and oxygen atoms in total. The molecule has 1 aromatic heterocycles. The molecule has 0 bridgehead atoms. The fraction of sp³-hybridized carbons (Fsp3) is 0.308. The fourth-order valence-electron chi connectivity index (χ4n) is 3.20. The number of ether oxygens (including phenoxy) is 2. The maximum Gasteiger partial charge on any atom is 0.426 e. The van der Waals surface area contributed by atoms with Crippen LogP contribution >= 0.6 is 11.6 Å². The predicted octanol–water partition coefficient (Wildman–Crippen LogP) is 4.78. The van der Waals surface area contributed by atoms with Gasteiger partial charge in [0.1, 0.15) is 11.2 Å². The first-order chi connectivity index (χ1) is 17.8. The lowest BCUT2D eigenvalue weighted by Crippen LogP contribution is -2.46. The molecule has 3 N–H and O–H groups in total. The molecule has 2 amide bonds. The third-order valence-corrected chi connectivity index (χ3v) is 5.03. The number of carbonyl (C=O) groups is 2. The number of hydrogen-bond acceptors (Lipinski definition) is 7. The van der Waals surface area contributed by atoms with E-state index in [4.69, 9.17) is 21.1 Å². The van der Waals surface area contributed by atoms with Crippen LogP contribution in [-0.2, 0) is 11.3 Å². The van der Waals surface area contributed by atoms with Gasteiger partial charge in [-0.15, -0.1) is 0 Å². The summed E-state index contributed by atoms with van der Waals surface area (Å²) >= 11 is 5.97. The molecule has 3 aromatic rings. The van der Waals surface area contributed by atoms with Crippen LogP contribution in [0.4, 0.5) is 20.8 Å². The molecule has 0 radical (unpaired) electrons. The van der Waals surface area contributed by atoms with Gasteiger partial charge in [-0.05, 0) is 64.4 Å². The number of carbonyl (C=O) groups excluding carboxylic acids is 2. The highest BCUT2D eigenvalue weighted by Crippen LogP contribution is 2.24. The standard InChI is InChI=1S/C26H29ClFN5O5/c1-15(2)37-21-11-10-18(12-20(21)28)30-24-29-13-19(22(34)31-32-25(36)38-26(3,4)5)23(35)33(24)14-16-6-8-17(27)9-7-16/h6-13,15H,14H2,1-5H3,(H,29,30)(H,31,34)(H,32,36). The van der Waals surface area contributed by atoms with Gasteiger partial charge in [0.25, 0.3) is 11.5 Å². The zero-order valence-electron chi connectivity index (χ0n) is 21.6. The van der Waals surface area contributed by atoms with E-state index in [-0.39, 0.29) is 29.9 Å². The second-order valence-electron chi connectivity index (χ2n) is 9.53. The molecule has 0 aliphatic heterocycles. The van der Waals surface area contributed by atoms with Crippen molar-refractivity contribution in [3.05, 3.63) is 81.0 Å². The number of nitrogens with one attached hydrogen (secondary N) is 3. The van der Waals surface area contributed by atoms with Gasteiger partial charge < -0.3 is 14.8 Å². The van der Waals surface area contributed by atoms with E-state index in [1.54, 1.807) is 65.0 Å². The number of anilines is 2. The number of nitrogens with zero attached hydrogens (tertiary/aromatic N) is 2. The molecule has 0 unspecified atom stereocenters. The van der Waals surface area contributed by atoms with E-state index in [1.807, 2.05) is 0 Å². The molecule has 0 aliphatic rings. The normalized spacial score (nSPS) is 11.2. The first kappa shape index (κ1) is 28.5. The summed E-state index contributed by atoms with van der Waals surface area (Å²) in [7, 11) is 0. The van der Waals surface area contributed by atoms with Gasteiger partial charge in [-0.3, -0.25) is 19.6 Å². The van der Waals surface area contributed by atoms with Gasteiger partial charge in [-0.25, -0.2) is 19.6 Å². The summed E-state index contributed by atoms with van der Waals surface area (Å²) in [6.45, 7) is 8.57. The Labute approximate surface area is 224 Å². The molecule has 1 heterocycles. The van der Waals surface area contributed by atoms with E-state index in [0.717, 1.165) is 6.20 Å². The van der Waals surface area contributed by atoms with Crippen LogP contribution in [-0.4, -0.2) is 33.3 Å². The smallest absolute Gasteiger partial charge is 0.426 e. The molecule has 202 valence electrons. The van der Waals surface area contributed by atoms with Crippen LogP contribution < -0.4 is 26.5 Å². The molecular formula is C26H29ClFN5O5. The zero-order valence-corrected chi connectivity index (χ0v) is 22.4. The van der Waals surface area contributed by atoms with Crippen molar-refractivity contribution in [2.75, 3.05) is 5.32 Å². The predicted molar refractivity (Wildman–Crippen MR) is 141 cm³/mol. The highest BCUT2D eigenvalue weighted by Gasteiger charge is 2.20. The van der Waals surface area contributed by atoms with Crippen molar-refractivity contribution in [3.8, 4) is 5.75 Å². The first-order valence-corrected chi connectivity index (χ1v) is 12.1. The summed E-state index contributed by atoms with van der Waals surface area (Å²) in [6, 6.07) is 11.0. The lowest BCUT2D eigenvalue weighted by Gasteiger charge is -2.20. The molecule has 0 atom stereocenters. The van der Waals surface area contributed by atoms with Crippen LogP contribution in [0.15, 0.2) is 53.5 Å². The summed E-state index contributed by atoms with van der Waals surface area (Å²) < 4.78 is 26.2. The third-order valence-electron chi connectivity index (χ3n) is 4.77. The van der Waals surface area contributed by atoms with E-state index in [1.165, 1.54) is 16.7 Å². The Morgan fingerprint density at radius 2 is 1.79 bits per heavy atom. The highest BCUT2D eigenvalue weighted by atomic mass is 35.5. The molecule has 12 heteroatoms. The second kappa shape index (κ2) is 12.0. The highest BCUT2D eigenvalue weighted by molar-refractivity contribution is 6.30. The monoisotopic (exact) mass is 545 g/mol. The maximum atomic E-state index is 14.5. The minimum absolute atomic E-state index is 0.0168. The molecule has 0 spiro atoms. The average molecular weight is 546 g/mol. The summed E-state index contributed by atoms with van der Waals surface area (Å²) in [6.07, 6.45) is -0.0506. The van der Waals surface area contributed by atoms with E-state index < -0.39 is 29.0 Å². The quantitative estimate of drug-likeness (QED) is 0.365. The Kier molecular flexibility index (Phi) is 8.95. The Morgan fingerprint density at radius 3 is 2.39 bits per heavy atom. The Hall–Kier alpha value is -4.12. The number of hydrazine groups is 1. The number of rotatable bonds is 7. The van der Waals surface area contributed by atoms with Crippen molar-refractivity contribution in [3.63, 3.8) is 0 Å². The van der Waals surface area contributed by atoms with Gasteiger partial charge in [0, 0.05) is 23.0 Å². The number of halogens is 2. The Morgan fingerprint density at radius 1 is 1.11 bits per heavy atom. The van der Waals surface area contributed by atoms with E-state index in [2.05, 4.69) is 21.2 Å².